The molecule has 12 heavy (non-hydrogen) atoms. The van der Waals surface area contributed by atoms with Crippen molar-refractivity contribution < 1.29 is 5.11 Å². The monoisotopic (exact) mass is 169 g/mol. The normalized spacial score (nSPS) is 13.8. The Hall–Kier alpha value is -0.900. The summed E-state index contributed by atoms with van der Waals surface area (Å²) in [5.41, 5.74) is 0.635. The predicted molar refractivity (Wildman–Crippen MR) is 45.5 cm³/mol. The van der Waals surface area contributed by atoms with Crippen molar-refractivity contribution >= 4 is 0 Å². The van der Waals surface area contributed by atoms with Gasteiger partial charge in [0, 0.05) is 6.54 Å². The molecule has 0 spiro atoms. The quantitative estimate of drug-likeness (QED) is 0.734. The molecule has 4 heteroatoms. The van der Waals surface area contributed by atoms with Gasteiger partial charge in [-0.25, -0.2) is 0 Å². The van der Waals surface area contributed by atoms with Crippen LogP contribution in [-0.2, 0) is 6.54 Å². The van der Waals surface area contributed by atoms with Crippen LogP contribution in [0.1, 0.15) is 32.6 Å². The summed E-state index contributed by atoms with van der Waals surface area (Å²) in [5.74, 6) is 0.550. The fourth-order valence-corrected chi connectivity index (χ4v) is 0.968. The van der Waals surface area contributed by atoms with Crippen molar-refractivity contribution in [3.63, 3.8) is 0 Å². The molecule has 0 amide bonds. The van der Waals surface area contributed by atoms with Crippen LogP contribution in [0.3, 0.4) is 0 Å². The molecule has 0 fully saturated rings. The number of hydrogen-bond donors (Lipinski definition) is 1. The lowest BCUT2D eigenvalue weighted by Gasteiger charge is -2.02. The number of hydrogen-bond acceptors (Lipinski definition) is 3. The highest BCUT2D eigenvalue weighted by Gasteiger charge is 2.06. The Balaban J connectivity index is 2.64. The molecule has 0 bridgehead atoms. The van der Waals surface area contributed by atoms with Crippen molar-refractivity contribution in [2.75, 3.05) is 0 Å². The molecule has 1 N–H and O–H groups in total. The molecule has 1 unspecified atom stereocenters. The molecule has 0 saturated heterocycles. The highest BCUT2D eigenvalue weighted by Crippen LogP contribution is 2.07. The van der Waals surface area contributed by atoms with Crippen molar-refractivity contribution in [3.8, 4) is 0 Å². The van der Waals surface area contributed by atoms with Crippen LogP contribution >= 0.6 is 0 Å². The molecule has 0 aliphatic heterocycles. The third kappa shape index (κ3) is 2.30. The Kier molecular flexibility index (Phi) is 2.81. The lowest BCUT2D eigenvalue weighted by atomic mass is 10.2. The lowest BCUT2D eigenvalue weighted by Crippen LogP contribution is -2.04. The second-order valence-corrected chi connectivity index (χ2v) is 3.44. The fraction of sp³-hybridized carbons (Fsp3) is 0.750. The van der Waals surface area contributed by atoms with E-state index in [1.54, 1.807) is 17.8 Å². The summed E-state index contributed by atoms with van der Waals surface area (Å²) < 4.78 is 1.76. The average Bonchev–Trinajstić information content (AvgIpc) is 2.34. The minimum absolute atomic E-state index is 0.522. The van der Waals surface area contributed by atoms with Gasteiger partial charge >= 0.3 is 0 Å². The van der Waals surface area contributed by atoms with E-state index in [4.69, 9.17) is 5.11 Å². The third-order valence-corrected chi connectivity index (χ3v) is 1.54. The first-order valence-corrected chi connectivity index (χ1v) is 4.17. The van der Waals surface area contributed by atoms with Crippen molar-refractivity contribution in [3.05, 3.63) is 11.9 Å². The number of aliphatic hydroxyl groups excluding tert-OH is 1. The van der Waals surface area contributed by atoms with Crippen molar-refractivity contribution in [1.29, 1.82) is 0 Å². The molecule has 0 aliphatic carbocycles. The van der Waals surface area contributed by atoms with E-state index in [-0.39, 0.29) is 0 Å². The second kappa shape index (κ2) is 3.67. The van der Waals surface area contributed by atoms with Crippen LogP contribution in [0.25, 0.3) is 0 Å². The molecule has 4 nitrogen and oxygen atoms in total. The zero-order chi connectivity index (χ0) is 9.14. The van der Waals surface area contributed by atoms with Gasteiger partial charge in [0.1, 0.15) is 5.69 Å². The van der Waals surface area contributed by atoms with Gasteiger partial charge in [0.05, 0.1) is 12.3 Å². The van der Waals surface area contributed by atoms with Crippen molar-refractivity contribution in [2.24, 2.45) is 5.92 Å². The molecule has 0 saturated carbocycles. The fourth-order valence-electron chi connectivity index (χ4n) is 0.968. The summed E-state index contributed by atoms with van der Waals surface area (Å²) in [6.45, 7) is 6.76. The van der Waals surface area contributed by atoms with Crippen LogP contribution < -0.4 is 0 Å². The van der Waals surface area contributed by atoms with E-state index in [1.165, 1.54) is 0 Å². The van der Waals surface area contributed by atoms with E-state index in [0.29, 0.717) is 11.6 Å². The van der Waals surface area contributed by atoms with Crippen LogP contribution in [0, 0.1) is 5.92 Å². The van der Waals surface area contributed by atoms with Crippen LogP contribution in [0.15, 0.2) is 6.20 Å². The molecular formula is C8H15N3O. The van der Waals surface area contributed by atoms with Gasteiger partial charge in [0.25, 0.3) is 0 Å². The zero-order valence-electron chi connectivity index (χ0n) is 7.73. The van der Waals surface area contributed by atoms with Gasteiger partial charge in [-0.1, -0.05) is 19.1 Å². The van der Waals surface area contributed by atoms with Gasteiger partial charge in [0.15, 0.2) is 0 Å². The maximum absolute atomic E-state index is 9.16. The maximum atomic E-state index is 9.16. The van der Waals surface area contributed by atoms with Gasteiger partial charge in [0.2, 0.25) is 0 Å². The van der Waals surface area contributed by atoms with Crippen molar-refractivity contribution in [1.82, 2.24) is 15.0 Å². The van der Waals surface area contributed by atoms with Gasteiger partial charge in [-0.3, -0.25) is 4.68 Å². The van der Waals surface area contributed by atoms with Gasteiger partial charge in [-0.15, -0.1) is 5.10 Å². The zero-order valence-corrected chi connectivity index (χ0v) is 7.73. The van der Waals surface area contributed by atoms with Gasteiger partial charge in [-0.2, -0.15) is 0 Å². The SMILES string of the molecule is CC(C)Cn1cc(C(C)O)nn1. The maximum Gasteiger partial charge on any atom is 0.111 e. The van der Waals surface area contributed by atoms with E-state index in [0.717, 1.165) is 6.54 Å². The minimum Gasteiger partial charge on any atom is -0.387 e. The van der Waals surface area contributed by atoms with E-state index in [1.807, 2.05) is 0 Å². The molecular weight excluding hydrogens is 154 g/mol. The highest BCUT2D eigenvalue weighted by molar-refractivity contribution is 4.95. The predicted octanol–water partition coefficient (Wildman–Crippen LogP) is 0.987. The van der Waals surface area contributed by atoms with Gasteiger partial charge in [-0.05, 0) is 12.8 Å². The summed E-state index contributed by atoms with van der Waals surface area (Å²) in [5, 5.41) is 16.9. The molecule has 1 aromatic heterocycles. The Morgan fingerprint density at radius 2 is 2.17 bits per heavy atom. The molecule has 1 aromatic rings. The molecule has 68 valence electrons. The summed E-state index contributed by atoms with van der Waals surface area (Å²) in [7, 11) is 0. The van der Waals surface area contributed by atoms with E-state index in [9.17, 15) is 0 Å². The second-order valence-electron chi connectivity index (χ2n) is 3.44. The van der Waals surface area contributed by atoms with Crippen LogP contribution in [0.4, 0.5) is 0 Å². The van der Waals surface area contributed by atoms with Gasteiger partial charge < -0.3 is 5.11 Å². The first-order valence-electron chi connectivity index (χ1n) is 4.17. The Bertz CT molecular complexity index is 242. The van der Waals surface area contributed by atoms with E-state index in [2.05, 4.69) is 24.2 Å². The molecule has 1 heterocycles. The highest BCUT2D eigenvalue weighted by atomic mass is 16.3. The molecule has 1 rings (SSSR count). The first kappa shape index (κ1) is 9.19. The minimum atomic E-state index is -0.522. The Morgan fingerprint density at radius 3 is 2.58 bits per heavy atom. The van der Waals surface area contributed by atoms with Crippen LogP contribution in [-0.4, -0.2) is 20.1 Å². The number of rotatable bonds is 3. The first-order chi connectivity index (χ1) is 5.59. The Labute approximate surface area is 72.2 Å². The Morgan fingerprint density at radius 1 is 1.50 bits per heavy atom. The summed E-state index contributed by atoms with van der Waals surface area (Å²) in [4.78, 5) is 0. The third-order valence-electron chi connectivity index (χ3n) is 1.54. The number of aliphatic hydroxyl groups is 1. The van der Waals surface area contributed by atoms with Crippen LogP contribution in [0.5, 0.6) is 0 Å². The lowest BCUT2D eigenvalue weighted by molar-refractivity contribution is 0.194. The van der Waals surface area contributed by atoms with E-state index >= 15 is 0 Å². The average molecular weight is 169 g/mol. The van der Waals surface area contributed by atoms with Crippen LogP contribution in [0.2, 0.25) is 0 Å². The molecule has 0 aliphatic rings. The molecule has 0 radical (unpaired) electrons. The summed E-state index contributed by atoms with van der Waals surface area (Å²) in [6.07, 6.45) is 1.26. The smallest absolute Gasteiger partial charge is 0.111 e. The molecule has 0 aromatic carbocycles. The summed E-state index contributed by atoms with van der Waals surface area (Å²) >= 11 is 0. The number of nitrogens with zero attached hydrogens (tertiary/aromatic N) is 3. The number of aromatic nitrogens is 3. The van der Waals surface area contributed by atoms with Crippen molar-refractivity contribution in [2.45, 2.75) is 33.4 Å². The summed E-state index contributed by atoms with van der Waals surface area (Å²) in [6, 6.07) is 0. The largest absolute Gasteiger partial charge is 0.387 e. The topological polar surface area (TPSA) is 50.9 Å². The standard InChI is InChI=1S/C8H15N3O/c1-6(2)4-11-5-8(7(3)12)9-10-11/h5-7,12H,4H2,1-3H3. The molecule has 1 atom stereocenters. The van der Waals surface area contributed by atoms with E-state index < -0.39 is 6.10 Å².